The largest absolute Gasteiger partial charge is 0.548 e. The van der Waals surface area contributed by atoms with E-state index in [9.17, 15) is 14.7 Å². The minimum Gasteiger partial charge on any atom is -0.548 e. The van der Waals surface area contributed by atoms with Crippen LogP contribution in [-0.4, -0.2) is 29.9 Å². The second-order valence-corrected chi connectivity index (χ2v) is 3.34. The van der Waals surface area contributed by atoms with Crippen molar-refractivity contribution in [1.82, 2.24) is 5.32 Å². The Morgan fingerprint density at radius 3 is 2.50 bits per heavy atom. The number of nitrogens with one attached hydrogen (secondary N) is 1. The fourth-order valence-electron chi connectivity index (χ4n) is 0.730. The van der Waals surface area contributed by atoms with E-state index in [2.05, 4.69) is 5.32 Å². The van der Waals surface area contributed by atoms with Crippen LogP contribution >= 0.6 is 11.8 Å². The normalized spacial score (nSPS) is 12.2. The number of thioether (sulfide) groups is 1. The van der Waals surface area contributed by atoms with Gasteiger partial charge in [0.05, 0.1) is 12.0 Å². The van der Waals surface area contributed by atoms with Crippen molar-refractivity contribution in [3.63, 3.8) is 0 Å². The van der Waals surface area contributed by atoms with Crippen LogP contribution in [0, 0.1) is 0 Å². The molecule has 4 nitrogen and oxygen atoms in total. The van der Waals surface area contributed by atoms with Crippen LogP contribution in [-0.2, 0) is 9.59 Å². The van der Waals surface area contributed by atoms with Crippen molar-refractivity contribution in [2.45, 2.75) is 19.4 Å². The highest BCUT2D eigenvalue weighted by Gasteiger charge is 2.09. The Morgan fingerprint density at radius 1 is 1.58 bits per heavy atom. The molecule has 0 spiro atoms. The lowest BCUT2D eigenvalue weighted by Crippen LogP contribution is -2.47. The topological polar surface area (TPSA) is 69.2 Å². The van der Waals surface area contributed by atoms with Crippen LogP contribution in [0.4, 0.5) is 0 Å². The minimum absolute atomic E-state index is 0.342. The zero-order chi connectivity index (χ0) is 9.56. The van der Waals surface area contributed by atoms with E-state index in [0.29, 0.717) is 12.2 Å². The summed E-state index contributed by atoms with van der Waals surface area (Å²) in [6.07, 6.45) is 2.28. The molecule has 0 aliphatic heterocycles. The predicted molar refractivity (Wildman–Crippen MR) is 45.6 cm³/mol. The Kier molecular flexibility index (Phi) is 5.53. The summed E-state index contributed by atoms with van der Waals surface area (Å²) >= 11 is 1.53. The van der Waals surface area contributed by atoms with Crippen LogP contribution in [0.15, 0.2) is 0 Å². The molecule has 0 fully saturated rings. The average molecular weight is 190 g/mol. The van der Waals surface area contributed by atoms with Gasteiger partial charge in [-0.2, -0.15) is 11.8 Å². The van der Waals surface area contributed by atoms with Crippen molar-refractivity contribution in [3.8, 4) is 0 Å². The Morgan fingerprint density at radius 2 is 2.17 bits per heavy atom. The van der Waals surface area contributed by atoms with Gasteiger partial charge in [0, 0.05) is 6.92 Å². The first-order valence-electron chi connectivity index (χ1n) is 3.54. The highest BCUT2D eigenvalue weighted by Crippen LogP contribution is 1.99. The number of amides is 1. The van der Waals surface area contributed by atoms with Gasteiger partial charge in [0.15, 0.2) is 0 Å². The van der Waals surface area contributed by atoms with Crippen LogP contribution in [0.5, 0.6) is 0 Å². The van der Waals surface area contributed by atoms with Gasteiger partial charge in [-0.15, -0.1) is 0 Å². The van der Waals surface area contributed by atoms with Crippen LogP contribution in [0.1, 0.15) is 13.3 Å². The number of hydrogen-bond donors (Lipinski definition) is 1. The molecule has 1 atom stereocenters. The summed E-state index contributed by atoms with van der Waals surface area (Å²) < 4.78 is 0. The summed E-state index contributed by atoms with van der Waals surface area (Å²) in [5.41, 5.74) is 0. The van der Waals surface area contributed by atoms with E-state index >= 15 is 0 Å². The lowest BCUT2D eigenvalue weighted by molar-refractivity contribution is -0.308. The molecule has 1 N–H and O–H groups in total. The lowest BCUT2D eigenvalue weighted by Gasteiger charge is -2.17. The molecule has 0 aliphatic carbocycles. The smallest absolute Gasteiger partial charge is 0.217 e. The first-order chi connectivity index (χ1) is 5.57. The van der Waals surface area contributed by atoms with Crippen molar-refractivity contribution >= 4 is 23.6 Å². The maximum absolute atomic E-state index is 10.5. The van der Waals surface area contributed by atoms with Crippen molar-refractivity contribution in [2.24, 2.45) is 0 Å². The first kappa shape index (κ1) is 11.3. The molecule has 5 heteroatoms. The average Bonchev–Trinajstić information content (AvgIpc) is 1.96. The molecule has 70 valence electrons. The molecule has 0 saturated heterocycles. The second kappa shape index (κ2) is 5.88. The molecule has 12 heavy (non-hydrogen) atoms. The summed E-state index contributed by atoms with van der Waals surface area (Å²) in [4.78, 5) is 20.9. The highest BCUT2D eigenvalue weighted by atomic mass is 32.2. The molecule has 0 saturated carbocycles. The van der Waals surface area contributed by atoms with E-state index in [4.69, 9.17) is 0 Å². The molecule has 0 aromatic heterocycles. The summed E-state index contributed by atoms with van der Waals surface area (Å²) in [6.45, 7) is 1.29. The standard InChI is InChI=1S/C7H13NO3S/c1-5(9)8-6(7(10)11)3-4-12-2/h6H,3-4H2,1-2H3,(H,8,9)(H,10,11)/p-1/t6-/m1/s1. The van der Waals surface area contributed by atoms with Gasteiger partial charge < -0.3 is 15.2 Å². The highest BCUT2D eigenvalue weighted by molar-refractivity contribution is 7.98. The van der Waals surface area contributed by atoms with Gasteiger partial charge in [-0.25, -0.2) is 0 Å². The molecule has 0 aromatic carbocycles. The third kappa shape index (κ3) is 5.01. The van der Waals surface area contributed by atoms with Gasteiger partial charge in [0.2, 0.25) is 5.91 Å². The lowest BCUT2D eigenvalue weighted by atomic mass is 10.2. The number of hydrogen-bond acceptors (Lipinski definition) is 4. The van der Waals surface area contributed by atoms with E-state index in [1.807, 2.05) is 6.26 Å². The number of carbonyl (C=O) groups excluding carboxylic acids is 2. The Bertz CT molecular complexity index is 172. The molecule has 0 aliphatic rings. The fraction of sp³-hybridized carbons (Fsp3) is 0.714. The number of aliphatic carboxylic acids is 1. The molecule has 0 heterocycles. The van der Waals surface area contributed by atoms with Gasteiger partial charge in [-0.3, -0.25) is 4.79 Å². The Hall–Kier alpha value is -0.710. The fourth-order valence-corrected chi connectivity index (χ4v) is 1.20. The number of rotatable bonds is 5. The SMILES string of the molecule is CSCC[C@@H](NC(C)=O)C(=O)[O-]. The van der Waals surface area contributed by atoms with Crippen molar-refractivity contribution in [1.29, 1.82) is 0 Å². The van der Waals surface area contributed by atoms with Crippen molar-refractivity contribution < 1.29 is 14.7 Å². The van der Waals surface area contributed by atoms with Crippen LogP contribution in [0.2, 0.25) is 0 Å². The third-order valence-electron chi connectivity index (χ3n) is 1.27. The van der Waals surface area contributed by atoms with Gasteiger partial charge in [-0.1, -0.05) is 0 Å². The third-order valence-corrected chi connectivity index (χ3v) is 1.92. The Labute approximate surface area is 75.7 Å². The van der Waals surface area contributed by atoms with E-state index in [0.717, 1.165) is 0 Å². The van der Waals surface area contributed by atoms with Gasteiger partial charge >= 0.3 is 0 Å². The van der Waals surface area contributed by atoms with Crippen LogP contribution < -0.4 is 10.4 Å². The van der Waals surface area contributed by atoms with E-state index in [1.165, 1.54) is 18.7 Å². The maximum atomic E-state index is 10.5. The minimum atomic E-state index is -1.22. The van der Waals surface area contributed by atoms with E-state index in [1.54, 1.807) is 0 Å². The molecule has 0 bridgehead atoms. The van der Waals surface area contributed by atoms with Crippen molar-refractivity contribution in [2.75, 3.05) is 12.0 Å². The second-order valence-electron chi connectivity index (χ2n) is 2.35. The van der Waals surface area contributed by atoms with Gasteiger partial charge in [0.1, 0.15) is 0 Å². The number of carboxylic acid groups (broad SMARTS) is 1. The molecule has 0 aromatic rings. The van der Waals surface area contributed by atoms with Crippen molar-refractivity contribution in [3.05, 3.63) is 0 Å². The predicted octanol–water partition coefficient (Wildman–Crippen LogP) is -1.01. The number of carbonyl (C=O) groups is 2. The van der Waals surface area contributed by atoms with Gasteiger partial charge in [-0.05, 0) is 18.4 Å². The summed E-state index contributed by atoms with van der Waals surface area (Å²) in [7, 11) is 0. The molecular formula is C7H12NO3S-. The molecule has 1 amide bonds. The molecule has 0 unspecified atom stereocenters. The molecule has 0 radical (unpaired) electrons. The quantitative estimate of drug-likeness (QED) is 0.603. The summed E-state index contributed by atoms with van der Waals surface area (Å²) in [5, 5.41) is 12.7. The molecule has 0 rings (SSSR count). The maximum Gasteiger partial charge on any atom is 0.217 e. The first-order valence-corrected chi connectivity index (χ1v) is 4.94. The zero-order valence-electron chi connectivity index (χ0n) is 7.12. The number of carboxylic acids is 1. The molecular weight excluding hydrogens is 178 g/mol. The van der Waals surface area contributed by atoms with E-state index in [-0.39, 0.29) is 5.91 Å². The van der Waals surface area contributed by atoms with Crippen LogP contribution in [0.25, 0.3) is 0 Å². The van der Waals surface area contributed by atoms with Crippen LogP contribution in [0.3, 0.4) is 0 Å². The monoisotopic (exact) mass is 190 g/mol. The summed E-state index contributed by atoms with van der Waals surface area (Å²) in [5.74, 6) is -0.872. The van der Waals surface area contributed by atoms with Gasteiger partial charge in [0.25, 0.3) is 0 Å². The Balaban J connectivity index is 3.87. The van der Waals surface area contributed by atoms with E-state index < -0.39 is 12.0 Å². The summed E-state index contributed by atoms with van der Waals surface area (Å²) in [6, 6.07) is -0.852. The zero-order valence-corrected chi connectivity index (χ0v) is 7.94.